The van der Waals surface area contributed by atoms with Gasteiger partial charge in [0, 0.05) is 13.7 Å². The Hall–Kier alpha value is -0.120. The van der Waals surface area contributed by atoms with Crippen molar-refractivity contribution in [3.8, 4) is 0 Å². The number of hydrogen-bond acceptors (Lipinski definition) is 3. The molecule has 2 atom stereocenters. The first kappa shape index (κ1) is 13.9. The van der Waals surface area contributed by atoms with Gasteiger partial charge in [0.25, 0.3) is 0 Å². The van der Waals surface area contributed by atoms with Gasteiger partial charge in [-0.1, -0.05) is 26.2 Å². The van der Waals surface area contributed by atoms with E-state index in [1.165, 1.54) is 32.1 Å². The lowest BCUT2D eigenvalue weighted by Gasteiger charge is -2.49. The maximum absolute atomic E-state index is 6.06. The molecule has 0 heterocycles. The fraction of sp³-hybridized carbons (Fsp3) is 1.00. The molecule has 0 aromatic heterocycles. The highest BCUT2D eigenvalue weighted by atomic mass is 16.5. The topological polar surface area (TPSA) is 38.5 Å². The van der Waals surface area contributed by atoms with Crippen LogP contribution in [0.15, 0.2) is 0 Å². The van der Waals surface area contributed by atoms with Crippen LogP contribution < -0.4 is 5.73 Å². The van der Waals surface area contributed by atoms with Gasteiger partial charge in [0.05, 0.1) is 11.6 Å². The van der Waals surface area contributed by atoms with Crippen LogP contribution in [0.2, 0.25) is 0 Å². The molecule has 96 valence electrons. The van der Waals surface area contributed by atoms with Crippen LogP contribution in [0.3, 0.4) is 0 Å². The van der Waals surface area contributed by atoms with Crippen LogP contribution in [0.25, 0.3) is 0 Å². The molecule has 2 unspecified atom stereocenters. The van der Waals surface area contributed by atoms with Gasteiger partial charge in [-0.05, 0) is 32.9 Å². The molecule has 1 fully saturated rings. The highest BCUT2D eigenvalue weighted by molar-refractivity contribution is 5.00. The zero-order valence-electron chi connectivity index (χ0n) is 11.2. The number of nitrogens with two attached hydrogens (primary N) is 1. The normalized spacial score (nSPS) is 30.9. The number of likely N-dealkylation sites (N-methyl/N-ethyl adjacent to an activating group) is 1. The maximum atomic E-state index is 6.06. The Bertz CT molecular complexity index is 198. The third kappa shape index (κ3) is 2.76. The quantitative estimate of drug-likeness (QED) is 0.756. The second-order valence-corrected chi connectivity index (χ2v) is 5.05. The number of methoxy groups -OCH3 is 1. The van der Waals surface area contributed by atoms with Gasteiger partial charge in [0.1, 0.15) is 0 Å². The Kier molecular flexibility index (Phi) is 5.73. The molecule has 0 bridgehead atoms. The fourth-order valence-corrected chi connectivity index (χ4v) is 2.97. The van der Waals surface area contributed by atoms with Crippen molar-refractivity contribution in [2.45, 2.75) is 57.1 Å². The molecule has 0 radical (unpaired) electrons. The largest absolute Gasteiger partial charge is 0.379 e. The maximum Gasteiger partial charge on any atom is 0.0767 e. The van der Waals surface area contributed by atoms with Crippen LogP contribution >= 0.6 is 0 Å². The molecule has 16 heavy (non-hydrogen) atoms. The SMILES string of the molecule is CCCCN(C)C1(CN)CCCCC1OC. The third-order valence-corrected chi connectivity index (χ3v) is 4.17. The monoisotopic (exact) mass is 228 g/mol. The van der Waals surface area contributed by atoms with Crippen LogP contribution in [-0.2, 0) is 4.74 Å². The summed E-state index contributed by atoms with van der Waals surface area (Å²) in [6.07, 6.45) is 7.70. The van der Waals surface area contributed by atoms with E-state index in [0.717, 1.165) is 13.0 Å². The second-order valence-electron chi connectivity index (χ2n) is 5.05. The summed E-state index contributed by atoms with van der Waals surface area (Å²) < 4.78 is 5.68. The molecule has 0 aromatic carbocycles. The lowest BCUT2D eigenvalue weighted by atomic mass is 9.77. The van der Waals surface area contributed by atoms with Crippen molar-refractivity contribution in [2.24, 2.45) is 5.73 Å². The number of rotatable bonds is 6. The minimum Gasteiger partial charge on any atom is -0.379 e. The van der Waals surface area contributed by atoms with E-state index in [-0.39, 0.29) is 5.54 Å². The summed E-state index contributed by atoms with van der Waals surface area (Å²) in [6.45, 7) is 4.08. The molecule has 2 N–H and O–H groups in total. The third-order valence-electron chi connectivity index (χ3n) is 4.17. The van der Waals surface area contributed by atoms with Gasteiger partial charge in [0.15, 0.2) is 0 Å². The summed E-state index contributed by atoms with van der Waals surface area (Å²) in [7, 11) is 4.04. The number of hydrogen-bond donors (Lipinski definition) is 1. The standard InChI is InChI=1S/C13H28N2O/c1-4-5-10-15(2)13(11-14)9-7-6-8-12(13)16-3/h12H,4-11,14H2,1-3H3. The highest BCUT2D eigenvalue weighted by Gasteiger charge is 2.42. The van der Waals surface area contributed by atoms with E-state index >= 15 is 0 Å². The summed E-state index contributed by atoms with van der Waals surface area (Å²) in [5.74, 6) is 0. The first-order chi connectivity index (χ1) is 7.71. The molecule has 3 nitrogen and oxygen atoms in total. The van der Waals surface area contributed by atoms with E-state index in [4.69, 9.17) is 10.5 Å². The van der Waals surface area contributed by atoms with Crippen molar-refractivity contribution in [1.82, 2.24) is 4.90 Å². The predicted octanol–water partition coefficient (Wildman–Crippen LogP) is 2.00. The highest BCUT2D eigenvalue weighted by Crippen LogP contribution is 2.34. The molecule has 0 saturated heterocycles. The fourth-order valence-electron chi connectivity index (χ4n) is 2.97. The second kappa shape index (κ2) is 6.58. The van der Waals surface area contributed by atoms with E-state index in [9.17, 15) is 0 Å². The molecule has 1 aliphatic carbocycles. The van der Waals surface area contributed by atoms with Crippen molar-refractivity contribution in [3.63, 3.8) is 0 Å². The molecule has 0 spiro atoms. The smallest absolute Gasteiger partial charge is 0.0767 e. The van der Waals surface area contributed by atoms with E-state index in [1.807, 2.05) is 7.11 Å². The van der Waals surface area contributed by atoms with Crippen LogP contribution in [0.5, 0.6) is 0 Å². The average Bonchev–Trinajstić information content (AvgIpc) is 2.35. The van der Waals surface area contributed by atoms with E-state index in [2.05, 4.69) is 18.9 Å². The molecule has 0 aliphatic heterocycles. The van der Waals surface area contributed by atoms with Crippen molar-refractivity contribution in [2.75, 3.05) is 27.2 Å². The Morgan fingerprint density at radius 3 is 2.75 bits per heavy atom. The zero-order chi connectivity index (χ0) is 12.0. The summed E-state index contributed by atoms with van der Waals surface area (Å²) in [5.41, 5.74) is 6.14. The Balaban J connectivity index is 2.71. The van der Waals surface area contributed by atoms with Crippen LogP contribution in [0, 0.1) is 0 Å². The van der Waals surface area contributed by atoms with Crippen molar-refractivity contribution < 1.29 is 4.74 Å². The van der Waals surface area contributed by atoms with Gasteiger partial charge in [-0.2, -0.15) is 0 Å². The van der Waals surface area contributed by atoms with Gasteiger partial charge in [-0.15, -0.1) is 0 Å². The Labute approximate surface area is 100 Å². The van der Waals surface area contributed by atoms with Crippen LogP contribution in [-0.4, -0.2) is 43.8 Å². The summed E-state index contributed by atoms with van der Waals surface area (Å²) in [5, 5.41) is 0. The number of unbranched alkanes of at least 4 members (excludes halogenated alkanes) is 1. The summed E-state index contributed by atoms with van der Waals surface area (Å²) in [6, 6.07) is 0. The first-order valence-corrected chi connectivity index (χ1v) is 6.65. The number of nitrogens with zero attached hydrogens (tertiary/aromatic N) is 1. The van der Waals surface area contributed by atoms with E-state index < -0.39 is 0 Å². The Morgan fingerprint density at radius 2 is 2.19 bits per heavy atom. The van der Waals surface area contributed by atoms with Crippen molar-refractivity contribution in [3.05, 3.63) is 0 Å². The van der Waals surface area contributed by atoms with Gasteiger partial charge in [-0.3, -0.25) is 4.90 Å². The van der Waals surface area contributed by atoms with E-state index in [1.54, 1.807) is 0 Å². The predicted molar refractivity (Wildman–Crippen MR) is 68.6 cm³/mol. The molecule has 1 aliphatic rings. The molecule has 1 saturated carbocycles. The molecular formula is C13H28N2O. The molecule has 0 amide bonds. The molecule has 3 heteroatoms. The molecular weight excluding hydrogens is 200 g/mol. The van der Waals surface area contributed by atoms with Gasteiger partial charge in [0.2, 0.25) is 0 Å². The first-order valence-electron chi connectivity index (χ1n) is 6.65. The molecule has 1 rings (SSSR count). The zero-order valence-corrected chi connectivity index (χ0v) is 11.2. The van der Waals surface area contributed by atoms with Crippen LogP contribution in [0.1, 0.15) is 45.4 Å². The van der Waals surface area contributed by atoms with Crippen molar-refractivity contribution >= 4 is 0 Å². The van der Waals surface area contributed by atoms with Crippen LogP contribution in [0.4, 0.5) is 0 Å². The summed E-state index contributed by atoms with van der Waals surface area (Å²) >= 11 is 0. The lowest BCUT2D eigenvalue weighted by molar-refractivity contribution is -0.0659. The number of ether oxygens (including phenoxy) is 1. The molecule has 0 aromatic rings. The van der Waals surface area contributed by atoms with Crippen molar-refractivity contribution in [1.29, 1.82) is 0 Å². The van der Waals surface area contributed by atoms with Gasteiger partial charge < -0.3 is 10.5 Å². The minimum absolute atomic E-state index is 0.0855. The van der Waals surface area contributed by atoms with Gasteiger partial charge in [-0.25, -0.2) is 0 Å². The summed E-state index contributed by atoms with van der Waals surface area (Å²) in [4.78, 5) is 2.45. The van der Waals surface area contributed by atoms with Gasteiger partial charge >= 0.3 is 0 Å². The van der Waals surface area contributed by atoms with E-state index in [0.29, 0.717) is 12.6 Å². The average molecular weight is 228 g/mol. The minimum atomic E-state index is 0.0855. The lowest BCUT2D eigenvalue weighted by Crippen LogP contribution is -2.61. The Morgan fingerprint density at radius 1 is 1.44 bits per heavy atom.